The molecule has 0 saturated carbocycles. The Kier molecular flexibility index (Phi) is 9.18. The molecule has 0 heterocycles. The Balaban J connectivity index is 2.23. The first-order valence-electron chi connectivity index (χ1n) is 10.4. The first-order chi connectivity index (χ1) is 14.9. The highest BCUT2D eigenvalue weighted by Crippen LogP contribution is 2.26. The normalized spacial score (nSPS) is 11.5. The summed E-state index contributed by atoms with van der Waals surface area (Å²) < 4.78 is 16.2. The molecule has 168 valence electrons. The topological polar surface area (TPSA) is 77.1 Å². The van der Waals surface area contributed by atoms with Gasteiger partial charge < -0.3 is 24.4 Å². The molecule has 1 atom stereocenters. The Labute approximate surface area is 184 Å². The fraction of sp³-hybridized carbons (Fsp3) is 0.417. The molecule has 0 aliphatic rings. The molecule has 0 aliphatic carbocycles. The maximum absolute atomic E-state index is 13.2. The standard InChI is InChI=1S/C24H32N2O5/c1-6-20(24(28)25-17(2)3)26(15-18-11-13-19(29-4)14-12-18)23(27)16-31-22-10-8-7-9-21(22)30-5/h7-14,17,20H,6,15-16H2,1-5H3,(H,25,28)/t20-/m0/s1. The van der Waals surface area contributed by atoms with Crippen LogP contribution in [-0.4, -0.2) is 49.6 Å². The van der Waals surface area contributed by atoms with Gasteiger partial charge in [0.25, 0.3) is 5.91 Å². The highest BCUT2D eigenvalue weighted by Gasteiger charge is 2.29. The van der Waals surface area contributed by atoms with Gasteiger partial charge >= 0.3 is 0 Å². The van der Waals surface area contributed by atoms with Crippen molar-refractivity contribution < 1.29 is 23.8 Å². The molecular formula is C24H32N2O5. The number of carbonyl (C=O) groups is 2. The molecule has 2 rings (SSSR count). The predicted molar refractivity (Wildman–Crippen MR) is 119 cm³/mol. The zero-order chi connectivity index (χ0) is 22.8. The number of hydrogen-bond acceptors (Lipinski definition) is 5. The maximum Gasteiger partial charge on any atom is 0.261 e. The zero-order valence-corrected chi connectivity index (χ0v) is 18.9. The monoisotopic (exact) mass is 428 g/mol. The van der Waals surface area contributed by atoms with Gasteiger partial charge in [0, 0.05) is 12.6 Å². The van der Waals surface area contributed by atoms with E-state index in [0.717, 1.165) is 11.3 Å². The van der Waals surface area contributed by atoms with Gasteiger partial charge in [-0.3, -0.25) is 9.59 Å². The number of rotatable bonds is 11. The lowest BCUT2D eigenvalue weighted by Crippen LogP contribution is -2.51. The number of nitrogens with one attached hydrogen (secondary N) is 1. The molecule has 0 saturated heterocycles. The van der Waals surface area contributed by atoms with E-state index >= 15 is 0 Å². The summed E-state index contributed by atoms with van der Waals surface area (Å²) in [7, 11) is 3.15. The minimum atomic E-state index is -0.613. The maximum atomic E-state index is 13.2. The molecule has 7 nitrogen and oxygen atoms in total. The van der Waals surface area contributed by atoms with Crippen LogP contribution in [0.25, 0.3) is 0 Å². The van der Waals surface area contributed by atoms with Crippen molar-refractivity contribution in [2.75, 3.05) is 20.8 Å². The number of methoxy groups -OCH3 is 2. The molecule has 0 unspecified atom stereocenters. The predicted octanol–water partition coefficient (Wildman–Crippen LogP) is 3.41. The van der Waals surface area contributed by atoms with Crippen LogP contribution in [0.1, 0.15) is 32.8 Å². The number of hydrogen-bond donors (Lipinski definition) is 1. The molecule has 0 radical (unpaired) electrons. The first kappa shape index (κ1) is 24.1. The molecule has 1 N–H and O–H groups in total. The van der Waals surface area contributed by atoms with Crippen LogP contribution in [0.4, 0.5) is 0 Å². The van der Waals surface area contributed by atoms with Crippen LogP contribution in [0.15, 0.2) is 48.5 Å². The van der Waals surface area contributed by atoms with Crippen LogP contribution in [0.2, 0.25) is 0 Å². The van der Waals surface area contributed by atoms with Crippen molar-refractivity contribution in [3.8, 4) is 17.2 Å². The Bertz CT molecular complexity index is 851. The molecule has 0 spiro atoms. The van der Waals surface area contributed by atoms with E-state index in [2.05, 4.69) is 5.32 Å². The molecule has 2 aromatic carbocycles. The summed E-state index contributed by atoms with van der Waals surface area (Å²) in [5.74, 6) is 1.28. The van der Waals surface area contributed by atoms with Crippen LogP contribution < -0.4 is 19.5 Å². The fourth-order valence-electron chi connectivity index (χ4n) is 3.19. The summed E-state index contributed by atoms with van der Waals surface area (Å²) in [5.41, 5.74) is 0.891. The van der Waals surface area contributed by atoms with Gasteiger partial charge in [0.2, 0.25) is 5.91 Å². The van der Waals surface area contributed by atoms with E-state index in [1.54, 1.807) is 31.3 Å². The van der Waals surface area contributed by atoms with Gasteiger partial charge in [0.05, 0.1) is 14.2 Å². The molecule has 0 bridgehead atoms. The summed E-state index contributed by atoms with van der Waals surface area (Å²) in [6, 6.07) is 13.9. The molecule has 7 heteroatoms. The minimum Gasteiger partial charge on any atom is -0.497 e. The average molecular weight is 429 g/mol. The number of amides is 2. The second kappa shape index (κ2) is 11.8. The first-order valence-corrected chi connectivity index (χ1v) is 10.4. The molecule has 2 aromatic rings. The van der Waals surface area contributed by atoms with Gasteiger partial charge in [0.15, 0.2) is 18.1 Å². The fourth-order valence-corrected chi connectivity index (χ4v) is 3.19. The van der Waals surface area contributed by atoms with E-state index in [-0.39, 0.29) is 31.0 Å². The number of ether oxygens (including phenoxy) is 3. The van der Waals surface area contributed by atoms with E-state index in [9.17, 15) is 9.59 Å². The Morgan fingerprint density at radius 3 is 2.16 bits per heavy atom. The third kappa shape index (κ3) is 6.91. The summed E-state index contributed by atoms with van der Waals surface area (Å²) in [6.45, 7) is 5.75. The van der Waals surface area contributed by atoms with Gasteiger partial charge in [-0.25, -0.2) is 0 Å². The van der Waals surface area contributed by atoms with E-state index in [1.807, 2.05) is 57.2 Å². The number of benzene rings is 2. The van der Waals surface area contributed by atoms with Crippen LogP contribution >= 0.6 is 0 Å². The molecule has 0 aliphatic heterocycles. The summed E-state index contributed by atoms with van der Waals surface area (Å²) >= 11 is 0. The van der Waals surface area contributed by atoms with Crippen molar-refractivity contribution in [1.82, 2.24) is 10.2 Å². The van der Waals surface area contributed by atoms with E-state index < -0.39 is 6.04 Å². The lowest BCUT2D eigenvalue weighted by atomic mass is 10.1. The van der Waals surface area contributed by atoms with Gasteiger partial charge in [-0.15, -0.1) is 0 Å². The van der Waals surface area contributed by atoms with Crippen LogP contribution in [0, 0.1) is 0 Å². The van der Waals surface area contributed by atoms with Crippen molar-refractivity contribution in [1.29, 1.82) is 0 Å². The van der Waals surface area contributed by atoms with E-state index in [0.29, 0.717) is 17.9 Å². The van der Waals surface area contributed by atoms with Crippen molar-refractivity contribution in [2.45, 2.75) is 45.8 Å². The van der Waals surface area contributed by atoms with Crippen LogP contribution in [-0.2, 0) is 16.1 Å². The Hall–Kier alpha value is -3.22. The molecular weight excluding hydrogens is 396 g/mol. The van der Waals surface area contributed by atoms with Crippen molar-refractivity contribution in [3.63, 3.8) is 0 Å². The average Bonchev–Trinajstić information content (AvgIpc) is 2.77. The zero-order valence-electron chi connectivity index (χ0n) is 18.9. The van der Waals surface area contributed by atoms with Crippen molar-refractivity contribution in [3.05, 3.63) is 54.1 Å². The van der Waals surface area contributed by atoms with Gasteiger partial charge in [-0.2, -0.15) is 0 Å². The largest absolute Gasteiger partial charge is 0.497 e. The Morgan fingerprint density at radius 1 is 0.968 bits per heavy atom. The Morgan fingerprint density at radius 2 is 1.61 bits per heavy atom. The lowest BCUT2D eigenvalue weighted by Gasteiger charge is -2.31. The van der Waals surface area contributed by atoms with Crippen molar-refractivity contribution in [2.24, 2.45) is 0 Å². The summed E-state index contributed by atoms with van der Waals surface area (Å²) in [4.78, 5) is 27.6. The minimum absolute atomic E-state index is 0.0238. The molecule has 31 heavy (non-hydrogen) atoms. The van der Waals surface area contributed by atoms with Crippen molar-refractivity contribution >= 4 is 11.8 Å². The van der Waals surface area contributed by atoms with Gasteiger partial charge in [-0.1, -0.05) is 31.2 Å². The lowest BCUT2D eigenvalue weighted by molar-refractivity contribution is -0.143. The molecule has 0 aromatic heterocycles. The quantitative estimate of drug-likeness (QED) is 0.594. The SMILES string of the molecule is CC[C@@H](C(=O)NC(C)C)N(Cc1ccc(OC)cc1)C(=O)COc1ccccc1OC. The summed E-state index contributed by atoms with van der Waals surface area (Å²) in [6.07, 6.45) is 0.481. The van der Waals surface area contributed by atoms with E-state index in [4.69, 9.17) is 14.2 Å². The third-order valence-corrected chi connectivity index (χ3v) is 4.75. The molecule has 0 fully saturated rings. The number of para-hydroxylation sites is 2. The number of carbonyl (C=O) groups excluding carboxylic acids is 2. The third-order valence-electron chi connectivity index (χ3n) is 4.75. The van der Waals surface area contributed by atoms with Crippen LogP contribution in [0.5, 0.6) is 17.2 Å². The number of nitrogens with zero attached hydrogens (tertiary/aromatic N) is 1. The van der Waals surface area contributed by atoms with Gasteiger partial charge in [-0.05, 0) is 50.1 Å². The highest BCUT2D eigenvalue weighted by atomic mass is 16.5. The highest BCUT2D eigenvalue weighted by molar-refractivity contribution is 5.88. The summed E-state index contributed by atoms with van der Waals surface area (Å²) in [5, 5.41) is 2.91. The second-order valence-electron chi connectivity index (χ2n) is 7.40. The van der Waals surface area contributed by atoms with E-state index in [1.165, 1.54) is 0 Å². The smallest absolute Gasteiger partial charge is 0.261 e. The van der Waals surface area contributed by atoms with Gasteiger partial charge in [0.1, 0.15) is 11.8 Å². The van der Waals surface area contributed by atoms with Crippen LogP contribution in [0.3, 0.4) is 0 Å². The second-order valence-corrected chi connectivity index (χ2v) is 7.40. The molecule has 2 amide bonds.